The van der Waals surface area contributed by atoms with Crippen molar-refractivity contribution < 1.29 is 16.8 Å². The standard InChI is InChI=1S/C4H8Cl4F4N2P2/c1-13-15(9,10,3(5)6)14(2)16(13,11,12)4(7)8/h3-4H,1-2H3. The van der Waals surface area contributed by atoms with Crippen LogP contribution in [0.5, 0.6) is 0 Å². The number of nitrogens with zero attached hydrogens (tertiary/aromatic N) is 2. The molecule has 0 aromatic heterocycles. The predicted octanol–water partition coefficient (Wildman–Crippen LogP) is 5.69. The minimum absolute atomic E-state index is 0.369. The van der Waals surface area contributed by atoms with Gasteiger partial charge >= 0.3 is 110 Å². The van der Waals surface area contributed by atoms with Gasteiger partial charge in [0.1, 0.15) is 0 Å². The van der Waals surface area contributed by atoms with Gasteiger partial charge in [0.05, 0.1) is 0 Å². The van der Waals surface area contributed by atoms with Gasteiger partial charge in [-0.2, -0.15) is 0 Å². The average Bonchev–Trinajstić information content (AvgIpc) is 2.15. The maximum atomic E-state index is 14.1. The first kappa shape index (κ1) is 15.7. The van der Waals surface area contributed by atoms with Crippen LogP contribution in [0.4, 0.5) is 16.8 Å². The molecule has 1 aliphatic rings. The summed E-state index contributed by atoms with van der Waals surface area (Å²) in [6.45, 7) is 0. The number of hydrogen-bond donors (Lipinski definition) is 0. The van der Waals surface area contributed by atoms with Crippen LogP contribution in [0, 0.1) is 0 Å². The molecule has 0 N–H and O–H groups in total. The molecule has 100 valence electrons. The van der Waals surface area contributed by atoms with Gasteiger partial charge < -0.3 is 0 Å². The van der Waals surface area contributed by atoms with Crippen LogP contribution in [0.3, 0.4) is 0 Å². The van der Waals surface area contributed by atoms with E-state index >= 15 is 0 Å². The van der Waals surface area contributed by atoms with Gasteiger partial charge in [0.25, 0.3) is 0 Å². The van der Waals surface area contributed by atoms with E-state index in [1.54, 1.807) is 0 Å². The first-order valence-corrected chi connectivity index (χ1v) is 9.49. The van der Waals surface area contributed by atoms with Gasteiger partial charge in [-0.05, 0) is 0 Å². The van der Waals surface area contributed by atoms with E-state index in [4.69, 9.17) is 46.4 Å². The Kier molecular flexibility index (Phi) is 3.54. The summed E-state index contributed by atoms with van der Waals surface area (Å²) in [6, 6.07) is 0. The van der Waals surface area contributed by atoms with Crippen LogP contribution in [0.2, 0.25) is 0 Å². The molecule has 0 amide bonds. The summed E-state index contributed by atoms with van der Waals surface area (Å²) < 4.78 is 51.1. The van der Waals surface area contributed by atoms with Gasteiger partial charge in [0.15, 0.2) is 0 Å². The van der Waals surface area contributed by atoms with Crippen molar-refractivity contribution in [3.8, 4) is 0 Å². The van der Waals surface area contributed by atoms with Crippen molar-refractivity contribution >= 4 is 61.5 Å². The molecule has 0 unspecified atom stereocenters. The van der Waals surface area contributed by atoms with Gasteiger partial charge in [-0.15, -0.1) is 0 Å². The zero-order chi connectivity index (χ0) is 13.2. The Morgan fingerprint density at radius 1 is 0.750 bits per heavy atom. The van der Waals surface area contributed by atoms with E-state index in [2.05, 4.69) is 0 Å². The Balaban J connectivity index is 3.35. The van der Waals surface area contributed by atoms with Gasteiger partial charge in [0, 0.05) is 0 Å². The van der Waals surface area contributed by atoms with Crippen LogP contribution in [0.25, 0.3) is 0 Å². The SMILES string of the molecule is CN1P(F)(F)(C(Cl)Cl)N(C)P1(F)(F)C(Cl)Cl. The number of halogens is 8. The van der Waals surface area contributed by atoms with E-state index < -0.39 is 24.2 Å². The molecule has 0 radical (unpaired) electrons. The van der Waals surface area contributed by atoms with E-state index in [9.17, 15) is 16.8 Å². The topological polar surface area (TPSA) is 6.48 Å². The van der Waals surface area contributed by atoms with Crippen LogP contribution in [0.1, 0.15) is 0 Å². The molecule has 0 aliphatic carbocycles. The third-order valence-corrected chi connectivity index (χ3v) is 15.8. The Morgan fingerprint density at radius 3 is 1.06 bits per heavy atom. The summed E-state index contributed by atoms with van der Waals surface area (Å²) in [7, 11) is -11.3. The molecule has 1 saturated heterocycles. The molecule has 1 rings (SSSR count). The first-order valence-electron chi connectivity index (χ1n) is 3.76. The molecule has 16 heavy (non-hydrogen) atoms. The molecule has 0 aromatic rings. The van der Waals surface area contributed by atoms with Crippen molar-refractivity contribution in [2.24, 2.45) is 0 Å². The molecule has 0 atom stereocenters. The third-order valence-electron chi connectivity index (χ3n) is 2.71. The van der Waals surface area contributed by atoms with Gasteiger partial charge in [0.2, 0.25) is 0 Å². The molecule has 0 bridgehead atoms. The van der Waals surface area contributed by atoms with Gasteiger partial charge in [-0.25, -0.2) is 0 Å². The zero-order valence-electron chi connectivity index (χ0n) is 7.97. The molecule has 1 fully saturated rings. The van der Waals surface area contributed by atoms with E-state index in [-0.39, 0.29) is 8.88 Å². The summed E-state index contributed by atoms with van der Waals surface area (Å²) in [5.41, 5.74) is 0. The molecule has 2 nitrogen and oxygen atoms in total. The van der Waals surface area contributed by atoms with Crippen LogP contribution >= 0.6 is 61.5 Å². The molecule has 0 saturated carbocycles. The van der Waals surface area contributed by atoms with Crippen molar-refractivity contribution in [1.82, 2.24) is 8.88 Å². The molecule has 0 aromatic carbocycles. The molecular formula is C4H8Cl4F4N2P2. The molecule has 0 spiro atoms. The van der Waals surface area contributed by atoms with Crippen LogP contribution in [-0.4, -0.2) is 32.1 Å². The Hall–Kier alpha value is 1.66. The van der Waals surface area contributed by atoms with E-state index in [0.717, 1.165) is 0 Å². The van der Waals surface area contributed by atoms with Crippen LogP contribution < -0.4 is 0 Å². The van der Waals surface area contributed by atoms with Crippen molar-refractivity contribution in [2.45, 2.75) is 9.15 Å². The fourth-order valence-corrected chi connectivity index (χ4v) is 14.5. The van der Waals surface area contributed by atoms with Crippen molar-refractivity contribution in [1.29, 1.82) is 0 Å². The Bertz CT molecular complexity index is 292. The number of rotatable bonds is 2. The molecule has 1 aliphatic heterocycles. The first-order chi connectivity index (χ1) is 6.80. The quantitative estimate of drug-likeness (QED) is 0.353. The second kappa shape index (κ2) is 3.61. The predicted molar refractivity (Wildman–Crippen MR) is 64.8 cm³/mol. The van der Waals surface area contributed by atoms with Gasteiger partial charge in [-0.1, -0.05) is 0 Å². The summed E-state index contributed by atoms with van der Waals surface area (Å²) in [5.74, 6) is 0. The van der Waals surface area contributed by atoms with E-state index in [1.807, 2.05) is 0 Å². The monoisotopic (exact) mass is 362 g/mol. The zero-order valence-corrected chi connectivity index (χ0v) is 12.8. The normalized spacial score (nSPS) is 37.0. The summed E-state index contributed by atoms with van der Waals surface area (Å²) >= 11 is 20.5. The molecule has 1 heterocycles. The van der Waals surface area contributed by atoms with E-state index in [0.29, 0.717) is 14.1 Å². The summed E-state index contributed by atoms with van der Waals surface area (Å²) in [5, 5.41) is 0. The third kappa shape index (κ3) is 1.36. The van der Waals surface area contributed by atoms with Gasteiger partial charge in [-0.3, -0.25) is 0 Å². The number of alkyl halides is 4. The summed E-state index contributed by atoms with van der Waals surface area (Å²) in [6.07, 6.45) is 0. The minimum atomic E-state index is -6.19. The second-order valence-corrected chi connectivity index (χ2v) is 14.3. The average molecular weight is 364 g/mol. The fourth-order valence-electron chi connectivity index (χ4n) is 1.42. The van der Waals surface area contributed by atoms with Crippen molar-refractivity contribution in [3.05, 3.63) is 0 Å². The molecule has 12 heteroatoms. The maximum absolute atomic E-state index is 14.1. The number of hydrogen-bond acceptors (Lipinski definition) is 2. The summed E-state index contributed by atoms with van der Waals surface area (Å²) in [4.78, 5) is 0. The Labute approximate surface area is 110 Å². The molecular weight excluding hydrogens is 356 g/mol. The second-order valence-electron chi connectivity index (χ2n) is 3.30. The van der Waals surface area contributed by atoms with E-state index in [1.165, 1.54) is 0 Å². The van der Waals surface area contributed by atoms with Crippen molar-refractivity contribution in [3.63, 3.8) is 0 Å². The van der Waals surface area contributed by atoms with Crippen LogP contribution in [0.15, 0.2) is 0 Å². The fraction of sp³-hybridized carbons (Fsp3) is 1.00. The van der Waals surface area contributed by atoms with Crippen molar-refractivity contribution in [2.75, 3.05) is 14.1 Å². The Morgan fingerprint density at radius 2 is 0.938 bits per heavy atom. The van der Waals surface area contributed by atoms with Crippen LogP contribution in [-0.2, 0) is 0 Å².